The summed E-state index contributed by atoms with van der Waals surface area (Å²) in [5.74, 6) is 0.712. The summed E-state index contributed by atoms with van der Waals surface area (Å²) < 4.78 is 8.11. The fraction of sp³-hybridized carbons (Fsp3) is 0.417. The van der Waals surface area contributed by atoms with Gasteiger partial charge in [-0.25, -0.2) is 0 Å². The predicted molar refractivity (Wildman–Crippen MR) is 74.9 cm³/mol. The van der Waals surface area contributed by atoms with E-state index in [4.69, 9.17) is 16.3 Å². The number of amides is 1. The van der Waals surface area contributed by atoms with Gasteiger partial charge in [0.1, 0.15) is 12.4 Å². The summed E-state index contributed by atoms with van der Waals surface area (Å²) >= 11 is 7.17. The first kappa shape index (κ1) is 13.5. The van der Waals surface area contributed by atoms with Crippen LogP contribution >= 0.6 is 22.9 Å². The lowest BCUT2D eigenvalue weighted by Crippen LogP contribution is -2.42. The highest BCUT2D eigenvalue weighted by Crippen LogP contribution is 2.25. The average Bonchev–Trinajstić information content (AvgIpc) is 3.07. The van der Waals surface area contributed by atoms with E-state index < -0.39 is 0 Å². The van der Waals surface area contributed by atoms with E-state index >= 15 is 0 Å². The molecule has 0 radical (unpaired) electrons. The zero-order valence-electron chi connectivity index (χ0n) is 10.8. The molecule has 0 unspecified atom stereocenters. The van der Waals surface area contributed by atoms with E-state index in [0.29, 0.717) is 28.9 Å². The largest absolute Gasteiger partial charge is 0.366 e. The Morgan fingerprint density at radius 1 is 1.55 bits per heavy atom. The molecule has 6 nitrogen and oxygen atoms in total. The Kier molecular flexibility index (Phi) is 3.73. The van der Waals surface area contributed by atoms with Crippen molar-refractivity contribution in [3.63, 3.8) is 0 Å². The lowest BCUT2D eigenvalue weighted by atomic mass is 10.2. The summed E-state index contributed by atoms with van der Waals surface area (Å²) in [5, 5.41) is 7.88. The van der Waals surface area contributed by atoms with Crippen molar-refractivity contribution in [3.8, 4) is 0 Å². The van der Waals surface area contributed by atoms with Gasteiger partial charge in [0.05, 0.1) is 22.4 Å². The zero-order valence-corrected chi connectivity index (χ0v) is 12.4. The van der Waals surface area contributed by atoms with E-state index in [1.165, 1.54) is 11.3 Å². The van der Waals surface area contributed by atoms with Crippen LogP contribution in [0.2, 0.25) is 4.34 Å². The summed E-state index contributed by atoms with van der Waals surface area (Å²) in [6.07, 6.45) is 1.38. The van der Waals surface area contributed by atoms with Crippen LogP contribution in [-0.4, -0.2) is 45.3 Å². The van der Waals surface area contributed by atoms with E-state index in [9.17, 15) is 4.79 Å². The molecule has 0 aromatic carbocycles. The molecule has 2 aromatic rings. The molecule has 1 aliphatic rings. The third-order valence-electron chi connectivity index (χ3n) is 3.17. The van der Waals surface area contributed by atoms with Crippen LogP contribution in [-0.2, 0) is 11.8 Å². The summed E-state index contributed by atoms with van der Waals surface area (Å²) in [6.45, 7) is 1.53. The number of aromatic nitrogens is 3. The fourth-order valence-corrected chi connectivity index (χ4v) is 3.17. The number of ether oxygens (including phenoxy) is 1. The number of aryl methyl sites for hydroxylation is 1. The van der Waals surface area contributed by atoms with Gasteiger partial charge in [0, 0.05) is 13.6 Å². The summed E-state index contributed by atoms with van der Waals surface area (Å²) in [7, 11) is 1.86. The second-order valence-corrected chi connectivity index (χ2v) is 6.23. The first-order valence-corrected chi connectivity index (χ1v) is 7.34. The van der Waals surface area contributed by atoms with E-state index in [-0.39, 0.29) is 12.0 Å². The van der Waals surface area contributed by atoms with Gasteiger partial charge in [-0.05, 0) is 12.1 Å². The molecular formula is C12H13ClN4O2S. The van der Waals surface area contributed by atoms with Gasteiger partial charge in [-0.2, -0.15) is 0 Å². The number of hydrogen-bond donors (Lipinski definition) is 0. The maximum atomic E-state index is 12.4. The molecule has 1 aliphatic heterocycles. The van der Waals surface area contributed by atoms with Gasteiger partial charge >= 0.3 is 0 Å². The van der Waals surface area contributed by atoms with Crippen LogP contribution in [0.15, 0.2) is 18.5 Å². The van der Waals surface area contributed by atoms with Crippen molar-refractivity contribution in [2.75, 3.05) is 19.7 Å². The molecule has 106 valence electrons. The van der Waals surface area contributed by atoms with Crippen LogP contribution in [0.4, 0.5) is 0 Å². The molecule has 8 heteroatoms. The van der Waals surface area contributed by atoms with Crippen molar-refractivity contribution in [3.05, 3.63) is 33.5 Å². The molecule has 1 saturated heterocycles. The third-order valence-corrected chi connectivity index (χ3v) is 4.39. The van der Waals surface area contributed by atoms with Crippen LogP contribution in [0.25, 0.3) is 0 Å². The minimum Gasteiger partial charge on any atom is -0.366 e. The van der Waals surface area contributed by atoms with Crippen LogP contribution in [0, 0.1) is 0 Å². The van der Waals surface area contributed by atoms with Gasteiger partial charge in [0.15, 0.2) is 5.82 Å². The molecule has 0 N–H and O–H groups in total. The number of carbonyl (C=O) groups is 1. The molecule has 0 spiro atoms. The fourth-order valence-electron chi connectivity index (χ4n) is 2.16. The molecule has 1 amide bonds. The quantitative estimate of drug-likeness (QED) is 0.847. The summed E-state index contributed by atoms with van der Waals surface area (Å²) in [6, 6.07) is 3.49. The van der Waals surface area contributed by atoms with Gasteiger partial charge in [-0.3, -0.25) is 4.79 Å². The van der Waals surface area contributed by atoms with E-state index in [1.54, 1.807) is 27.9 Å². The van der Waals surface area contributed by atoms with Crippen molar-refractivity contribution >= 4 is 28.8 Å². The Balaban J connectivity index is 1.75. The first-order valence-electron chi connectivity index (χ1n) is 6.15. The lowest BCUT2D eigenvalue weighted by molar-refractivity contribution is -0.0279. The molecule has 3 heterocycles. The SMILES string of the molecule is Cn1cnnc1[C@@H]1CN(C(=O)c2ccc(Cl)s2)CCO1. The molecule has 20 heavy (non-hydrogen) atoms. The van der Waals surface area contributed by atoms with Crippen LogP contribution in [0.5, 0.6) is 0 Å². The number of carbonyl (C=O) groups excluding carboxylic acids is 1. The maximum Gasteiger partial charge on any atom is 0.264 e. The highest BCUT2D eigenvalue weighted by Gasteiger charge is 2.29. The number of morpholine rings is 1. The number of thiophene rings is 1. The van der Waals surface area contributed by atoms with Gasteiger partial charge in [0.25, 0.3) is 5.91 Å². The Labute approximate surface area is 124 Å². The minimum absolute atomic E-state index is 0.0163. The van der Waals surface area contributed by atoms with Crippen LogP contribution < -0.4 is 0 Å². The van der Waals surface area contributed by atoms with Gasteiger partial charge < -0.3 is 14.2 Å². The van der Waals surface area contributed by atoms with Gasteiger partial charge in [-0.15, -0.1) is 21.5 Å². The molecule has 0 saturated carbocycles. The predicted octanol–water partition coefficient (Wildman–Crippen LogP) is 1.74. The molecule has 1 fully saturated rings. The van der Waals surface area contributed by atoms with Crippen molar-refractivity contribution in [2.45, 2.75) is 6.10 Å². The second kappa shape index (κ2) is 5.51. The molecule has 2 aromatic heterocycles. The molecule has 0 bridgehead atoms. The smallest absolute Gasteiger partial charge is 0.264 e. The Morgan fingerprint density at radius 2 is 2.40 bits per heavy atom. The van der Waals surface area contributed by atoms with E-state index in [1.807, 2.05) is 7.05 Å². The van der Waals surface area contributed by atoms with Crippen molar-refractivity contribution in [2.24, 2.45) is 7.05 Å². The standard InChI is InChI=1S/C12H13ClN4O2S/c1-16-7-14-15-11(16)8-6-17(4-5-19-8)12(18)9-2-3-10(13)20-9/h2-3,7-8H,4-6H2,1H3/t8-/m0/s1. The van der Waals surface area contributed by atoms with Gasteiger partial charge in [0.2, 0.25) is 0 Å². The maximum absolute atomic E-state index is 12.4. The summed E-state index contributed by atoms with van der Waals surface area (Å²) in [5.41, 5.74) is 0. The Hall–Kier alpha value is -1.44. The van der Waals surface area contributed by atoms with Crippen molar-refractivity contribution in [1.82, 2.24) is 19.7 Å². The lowest BCUT2D eigenvalue weighted by Gasteiger charge is -2.32. The Bertz CT molecular complexity index is 627. The van der Waals surface area contributed by atoms with Crippen molar-refractivity contribution in [1.29, 1.82) is 0 Å². The van der Waals surface area contributed by atoms with E-state index in [0.717, 1.165) is 5.82 Å². The Morgan fingerprint density at radius 3 is 3.05 bits per heavy atom. The number of nitrogens with zero attached hydrogens (tertiary/aromatic N) is 4. The molecule has 1 atom stereocenters. The highest BCUT2D eigenvalue weighted by atomic mass is 35.5. The highest BCUT2D eigenvalue weighted by molar-refractivity contribution is 7.17. The van der Waals surface area contributed by atoms with Gasteiger partial charge in [-0.1, -0.05) is 11.6 Å². The number of hydrogen-bond acceptors (Lipinski definition) is 5. The third kappa shape index (κ3) is 2.56. The average molecular weight is 313 g/mol. The second-order valence-electron chi connectivity index (χ2n) is 4.51. The van der Waals surface area contributed by atoms with Crippen LogP contribution in [0.1, 0.15) is 21.6 Å². The topological polar surface area (TPSA) is 60.2 Å². The summed E-state index contributed by atoms with van der Waals surface area (Å²) in [4.78, 5) is 14.8. The number of rotatable bonds is 2. The van der Waals surface area contributed by atoms with Crippen molar-refractivity contribution < 1.29 is 9.53 Å². The van der Waals surface area contributed by atoms with Crippen LogP contribution in [0.3, 0.4) is 0 Å². The monoisotopic (exact) mass is 312 g/mol. The van der Waals surface area contributed by atoms with E-state index in [2.05, 4.69) is 10.2 Å². The molecule has 3 rings (SSSR count). The normalized spacial score (nSPS) is 19.3. The molecule has 0 aliphatic carbocycles. The number of halogens is 1. The minimum atomic E-state index is -0.240. The zero-order chi connectivity index (χ0) is 14.1. The molecular weight excluding hydrogens is 300 g/mol. The first-order chi connectivity index (χ1) is 9.65.